The molecule has 8 amide bonds. The normalized spacial score (nSPS) is 17.0. The zero-order valence-electron chi connectivity index (χ0n) is 35.0. The lowest BCUT2D eigenvalue weighted by atomic mass is 9.97. The topological polar surface area (TPSA) is 238 Å². The molecule has 1 saturated heterocycles. The Labute approximate surface area is 327 Å². The van der Waals surface area contributed by atoms with Crippen LogP contribution in [0.3, 0.4) is 0 Å². The number of carbonyl (C=O) groups excluding carboxylic acids is 8. The van der Waals surface area contributed by atoms with E-state index >= 15 is 0 Å². The van der Waals surface area contributed by atoms with Crippen molar-refractivity contribution >= 4 is 47.3 Å². The second-order valence-electron chi connectivity index (χ2n) is 16.6. The molecule has 0 unspecified atom stereocenters. The first-order chi connectivity index (χ1) is 25.5. The molecule has 1 fully saturated rings. The monoisotopic (exact) mass is 779 g/mol. The van der Waals surface area contributed by atoms with Crippen molar-refractivity contribution in [2.24, 2.45) is 35.3 Å². The van der Waals surface area contributed by atoms with Gasteiger partial charge in [-0.25, -0.2) is 0 Å². The largest absolute Gasteiger partial charge is 0.368 e. The molecule has 1 aliphatic rings. The summed E-state index contributed by atoms with van der Waals surface area (Å²) in [5.74, 6) is -3.67. The van der Waals surface area contributed by atoms with E-state index in [0.717, 1.165) is 0 Å². The first kappa shape index (κ1) is 48.8. The molecule has 0 radical (unpaired) electrons. The standard InChI is InChI=1S/C39H70N8O8/c1-21(2)19-27(43-38(54)34(24(7)8)42-26(11)48)14-16-30(49)46-35(25(9)10)39(55)47-18-12-13-29(47)37(53)41-20-32(51)44-28(22(3)4)15-17-31(50)45-33(23(5)6)36(40)52/h21-25,27-29,33-35H,12-20H2,1-11H3,(H2,40,52)(H,41,53)(H,42,48)(H,43,54)(H,44,51)(H,45,50)(H,46,49)/t27-,28-,29+,33-,34-,35-/m0/s1. The van der Waals surface area contributed by atoms with E-state index < -0.39 is 41.9 Å². The van der Waals surface area contributed by atoms with Crippen LogP contribution in [-0.4, -0.2) is 101 Å². The number of nitrogens with two attached hydrogens (primary N) is 1. The molecule has 8 N–H and O–H groups in total. The molecule has 1 aliphatic heterocycles. The number of hydrogen-bond donors (Lipinski definition) is 7. The molecule has 0 bridgehead atoms. The van der Waals surface area contributed by atoms with E-state index in [1.54, 1.807) is 13.8 Å². The first-order valence-corrected chi connectivity index (χ1v) is 19.9. The lowest BCUT2D eigenvalue weighted by molar-refractivity contribution is -0.142. The Balaban J connectivity index is 2.83. The zero-order chi connectivity index (χ0) is 42.2. The summed E-state index contributed by atoms with van der Waals surface area (Å²) in [7, 11) is 0. The maximum Gasteiger partial charge on any atom is 0.246 e. The van der Waals surface area contributed by atoms with E-state index in [0.29, 0.717) is 38.6 Å². The van der Waals surface area contributed by atoms with Crippen LogP contribution in [0.25, 0.3) is 0 Å². The quantitative estimate of drug-likeness (QED) is 0.0795. The Morgan fingerprint density at radius 2 is 1.20 bits per heavy atom. The van der Waals surface area contributed by atoms with Crippen LogP contribution in [0.2, 0.25) is 0 Å². The van der Waals surface area contributed by atoms with Crippen LogP contribution in [0.15, 0.2) is 0 Å². The molecule has 0 aromatic carbocycles. The average molecular weight is 779 g/mol. The van der Waals surface area contributed by atoms with Gasteiger partial charge in [-0.2, -0.15) is 0 Å². The van der Waals surface area contributed by atoms with Crippen LogP contribution in [0.4, 0.5) is 0 Å². The van der Waals surface area contributed by atoms with Gasteiger partial charge in [-0.1, -0.05) is 69.2 Å². The van der Waals surface area contributed by atoms with Crippen LogP contribution in [0.1, 0.15) is 121 Å². The Morgan fingerprint density at radius 3 is 1.69 bits per heavy atom. The fourth-order valence-corrected chi connectivity index (χ4v) is 6.62. The van der Waals surface area contributed by atoms with Crippen molar-refractivity contribution in [2.45, 2.75) is 157 Å². The number of carbonyl (C=O) groups is 8. The van der Waals surface area contributed by atoms with E-state index in [-0.39, 0.29) is 90.6 Å². The molecular formula is C39H70N8O8. The number of nitrogens with zero attached hydrogens (tertiary/aromatic N) is 1. The van der Waals surface area contributed by atoms with Gasteiger partial charge >= 0.3 is 0 Å². The molecular weight excluding hydrogens is 708 g/mol. The molecule has 1 heterocycles. The van der Waals surface area contributed by atoms with Gasteiger partial charge in [-0.3, -0.25) is 38.4 Å². The van der Waals surface area contributed by atoms with Gasteiger partial charge in [0.05, 0.1) is 6.54 Å². The highest BCUT2D eigenvalue weighted by Gasteiger charge is 2.39. The Bertz CT molecular complexity index is 1330. The Morgan fingerprint density at radius 1 is 0.655 bits per heavy atom. The summed E-state index contributed by atoms with van der Waals surface area (Å²) in [5, 5.41) is 16.7. The summed E-state index contributed by atoms with van der Waals surface area (Å²) in [6, 6.07) is -3.91. The third-order valence-electron chi connectivity index (χ3n) is 9.76. The molecule has 0 saturated carbocycles. The van der Waals surface area contributed by atoms with Crippen LogP contribution < -0.4 is 37.6 Å². The average Bonchev–Trinajstić information content (AvgIpc) is 3.57. The number of nitrogens with one attached hydrogen (secondary N) is 6. The minimum Gasteiger partial charge on any atom is -0.368 e. The van der Waals surface area contributed by atoms with E-state index in [9.17, 15) is 38.4 Å². The first-order valence-electron chi connectivity index (χ1n) is 19.9. The zero-order valence-corrected chi connectivity index (χ0v) is 35.0. The van der Waals surface area contributed by atoms with Gasteiger partial charge in [0.1, 0.15) is 24.2 Å². The maximum atomic E-state index is 13.8. The summed E-state index contributed by atoms with van der Waals surface area (Å²) in [5.41, 5.74) is 5.40. The smallest absolute Gasteiger partial charge is 0.246 e. The number of primary amides is 1. The molecule has 1 rings (SSSR count). The van der Waals surface area contributed by atoms with Crippen molar-refractivity contribution in [3.05, 3.63) is 0 Å². The van der Waals surface area contributed by atoms with Gasteiger partial charge in [0.25, 0.3) is 0 Å². The van der Waals surface area contributed by atoms with Crippen molar-refractivity contribution in [3.63, 3.8) is 0 Å². The molecule has 55 heavy (non-hydrogen) atoms. The number of likely N-dealkylation sites (tertiary alicyclic amines) is 1. The number of rotatable bonds is 23. The van der Waals surface area contributed by atoms with Gasteiger partial charge in [-0.05, 0) is 61.7 Å². The van der Waals surface area contributed by atoms with E-state index in [4.69, 9.17) is 5.73 Å². The molecule has 314 valence electrons. The lowest BCUT2D eigenvalue weighted by Gasteiger charge is -2.31. The Kier molecular flexibility index (Phi) is 21.0. The number of hydrogen-bond acceptors (Lipinski definition) is 8. The summed E-state index contributed by atoms with van der Waals surface area (Å²) in [4.78, 5) is 104. The van der Waals surface area contributed by atoms with Gasteiger partial charge in [-0.15, -0.1) is 0 Å². The lowest BCUT2D eigenvalue weighted by Crippen LogP contribution is -2.56. The number of amides is 8. The van der Waals surface area contributed by atoms with Gasteiger partial charge in [0.2, 0.25) is 47.3 Å². The minimum absolute atomic E-state index is 0.0252. The highest BCUT2D eigenvalue weighted by atomic mass is 16.2. The maximum absolute atomic E-state index is 13.8. The molecule has 6 atom stereocenters. The minimum atomic E-state index is -0.893. The van der Waals surface area contributed by atoms with Crippen molar-refractivity contribution in [3.8, 4) is 0 Å². The summed E-state index contributed by atoms with van der Waals surface area (Å²) in [6.07, 6.45) is 2.34. The van der Waals surface area contributed by atoms with E-state index in [1.807, 2.05) is 55.4 Å². The summed E-state index contributed by atoms with van der Waals surface area (Å²) in [6.45, 7) is 20.0. The summed E-state index contributed by atoms with van der Waals surface area (Å²) < 4.78 is 0. The molecule has 0 aromatic rings. The highest BCUT2D eigenvalue weighted by Crippen LogP contribution is 2.21. The molecule has 0 aliphatic carbocycles. The van der Waals surface area contributed by atoms with Crippen molar-refractivity contribution in [2.75, 3.05) is 13.1 Å². The highest BCUT2D eigenvalue weighted by molar-refractivity contribution is 5.94. The summed E-state index contributed by atoms with van der Waals surface area (Å²) >= 11 is 0. The van der Waals surface area contributed by atoms with E-state index in [1.165, 1.54) is 11.8 Å². The second-order valence-corrected chi connectivity index (χ2v) is 16.6. The van der Waals surface area contributed by atoms with Crippen LogP contribution in [0, 0.1) is 29.6 Å². The molecule has 0 aromatic heterocycles. The van der Waals surface area contributed by atoms with Gasteiger partial charge in [0.15, 0.2) is 0 Å². The van der Waals surface area contributed by atoms with Crippen molar-refractivity contribution in [1.29, 1.82) is 0 Å². The van der Waals surface area contributed by atoms with E-state index in [2.05, 4.69) is 31.9 Å². The molecule has 16 nitrogen and oxygen atoms in total. The predicted molar refractivity (Wildman–Crippen MR) is 210 cm³/mol. The predicted octanol–water partition coefficient (Wildman–Crippen LogP) is 1.25. The molecule has 0 spiro atoms. The fourth-order valence-electron chi connectivity index (χ4n) is 6.62. The van der Waals surface area contributed by atoms with Crippen molar-refractivity contribution < 1.29 is 38.4 Å². The van der Waals surface area contributed by atoms with Gasteiger partial charge in [0, 0.05) is 38.4 Å². The van der Waals surface area contributed by atoms with Crippen molar-refractivity contribution in [1.82, 2.24) is 36.8 Å². The fraction of sp³-hybridized carbons (Fsp3) is 0.795. The molecule has 16 heteroatoms. The third-order valence-corrected chi connectivity index (χ3v) is 9.76. The van der Waals surface area contributed by atoms with Crippen LogP contribution in [-0.2, 0) is 38.4 Å². The second kappa shape index (κ2) is 23.6. The Hall–Kier alpha value is -4.24. The van der Waals surface area contributed by atoms with Crippen LogP contribution in [0.5, 0.6) is 0 Å². The van der Waals surface area contributed by atoms with Gasteiger partial charge < -0.3 is 42.5 Å². The SMILES string of the molecule is CC(=O)N[C@H](C(=O)N[C@@H](CCC(=O)N[C@H](C(=O)N1CCC[C@@H]1C(=O)NCC(=O)N[C@@H](CCC(=O)N[C@H](C(N)=O)C(C)C)C(C)C)C(C)C)CC(C)C)C(C)C. The van der Waals surface area contributed by atoms with Crippen LogP contribution >= 0.6 is 0 Å². The third kappa shape index (κ3) is 17.4.